The van der Waals surface area contributed by atoms with E-state index in [9.17, 15) is 0 Å². The summed E-state index contributed by atoms with van der Waals surface area (Å²) in [6, 6.07) is 0. The molecule has 30 heavy (non-hydrogen) atoms. The highest BCUT2D eigenvalue weighted by Gasteiger charge is 1.88. The number of rotatable bonds is 0. The van der Waals surface area contributed by atoms with Gasteiger partial charge in [-0.1, -0.05) is 42.5 Å². The molecule has 0 amide bonds. The first kappa shape index (κ1) is 26.0. The van der Waals surface area contributed by atoms with Crippen LogP contribution in [0.25, 0.3) is 0 Å². The Kier molecular flexibility index (Phi) is 20.2. The SMILES string of the molecule is C1=CCCCC1.C1=CCCCC1.C1=CCOC=C1.C1=CCOCC1.C1=COCCC1. The lowest BCUT2D eigenvalue weighted by atomic mass is 10.1. The summed E-state index contributed by atoms with van der Waals surface area (Å²) in [4.78, 5) is 0. The molecule has 0 atom stereocenters. The molecule has 0 spiro atoms. The zero-order chi connectivity index (χ0) is 21.2. The predicted molar refractivity (Wildman–Crippen MR) is 128 cm³/mol. The van der Waals surface area contributed by atoms with Crippen molar-refractivity contribution in [2.45, 2.75) is 70.6 Å². The summed E-state index contributed by atoms with van der Waals surface area (Å²) in [5.41, 5.74) is 0. The van der Waals surface area contributed by atoms with Crippen LogP contribution in [-0.4, -0.2) is 26.4 Å². The van der Waals surface area contributed by atoms with E-state index in [1.165, 1.54) is 64.2 Å². The maximum absolute atomic E-state index is 4.98. The number of ether oxygens (including phenoxy) is 3. The van der Waals surface area contributed by atoms with E-state index in [2.05, 4.69) is 30.4 Å². The van der Waals surface area contributed by atoms with Gasteiger partial charge in [-0.2, -0.15) is 0 Å². The maximum Gasteiger partial charge on any atom is 0.106 e. The van der Waals surface area contributed by atoms with Crippen molar-refractivity contribution in [2.75, 3.05) is 26.4 Å². The number of allylic oxidation sites excluding steroid dienone is 7. The van der Waals surface area contributed by atoms with Crippen LogP contribution in [0.1, 0.15) is 70.6 Å². The minimum absolute atomic E-state index is 0.733. The Morgan fingerprint density at radius 2 is 1.03 bits per heavy atom. The molecule has 3 heteroatoms. The highest BCUT2D eigenvalue weighted by atomic mass is 16.5. The van der Waals surface area contributed by atoms with Crippen LogP contribution < -0.4 is 0 Å². The van der Waals surface area contributed by atoms with Gasteiger partial charge in [0.05, 0.1) is 32.3 Å². The van der Waals surface area contributed by atoms with Gasteiger partial charge in [0.1, 0.15) is 6.61 Å². The zero-order valence-corrected chi connectivity index (χ0v) is 18.8. The summed E-state index contributed by atoms with van der Waals surface area (Å²) in [7, 11) is 0. The molecule has 5 rings (SSSR count). The van der Waals surface area contributed by atoms with Crippen LogP contribution >= 0.6 is 0 Å². The summed E-state index contributed by atoms with van der Waals surface area (Å²) in [5, 5.41) is 0. The van der Waals surface area contributed by atoms with Gasteiger partial charge in [-0.25, -0.2) is 0 Å². The molecule has 0 aromatic carbocycles. The second-order valence-corrected chi connectivity index (χ2v) is 7.32. The Hall–Kier alpha value is -2.00. The summed E-state index contributed by atoms with van der Waals surface area (Å²) in [5.74, 6) is 0. The lowest BCUT2D eigenvalue weighted by molar-refractivity contribution is 0.158. The summed E-state index contributed by atoms with van der Waals surface area (Å²) < 4.78 is 14.7. The van der Waals surface area contributed by atoms with E-state index in [4.69, 9.17) is 14.2 Å². The first-order valence-corrected chi connectivity index (χ1v) is 11.7. The molecule has 3 aliphatic heterocycles. The standard InChI is InChI=1S/2C6H10.2C5H8O.C5H6O/c5*1-2-4-6-5-3-1/h2*1-2H,3-6H2;2,4H,1,3,5H2;1-2H,3-5H2;1-4H,5H2. The second kappa shape index (κ2) is 23.3. The minimum Gasteiger partial charge on any atom is -0.502 e. The average Bonchev–Trinajstić information content (AvgIpc) is 2.91. The molecule has 0 saturated carbocycles. The van der Waals surface area contributed by atoms with Gasteiger partial charge < -0.3 is 14.2 Å². The Morgan fingerprint density at radius 3 is 1.17 bits per heavy atom. The zero-order valence-electron chi connectivity index (χ0n) is 18.8. The fourth-order valence-electron chi connectivity index (χ4n) is 2.84. The van der Waals surface area contributed by atoms with Gasteiger partial charge in [0.25, 0.3) is 0 Å². The quantitative estimate of drug-likeness (QED) is 0.382. The Bertz CT molecular complexity index is 410. The first-order valence-electron chi connectivity index (χ1n) is 11.7. The Labute approximate surface area is 184 Å². The third kappa shape index (κ3) is 20.7. The molecule has 0 N–H and O–H groups in total. The molecule has 168 valence electrons. The van der Waals surface area contributed by atoms with Gasteiger partial charge in [0.15, 0.2) is 0 Å². The van der Waals surface area contributed by atoms with Crippen molar-refractivity contribution in [3.05, 3.63) is 73.3 Å². The van der Waals surface area contributed by atoms with Crippen LogP contribution in [0.15, 0.2) is 73.3 Å². The third-order valence-electron chi connectivity index (χ3n) is 4.57. The molecule has 0 radical (unpaired) electrons. The van der Waals surface area contributed by atoms with Crippen LogP contribution in [0.2, 0.25) is 0 Å². The van der Waals surface area contributed by atoms with Gasteiger partial charge in [-0.05, 0) is 88.9 Å². The van der Waals surface area contributed by atoms with Crippen LogP contribution in [0, 0.1) is 0 Å². The normalized spacial score (nSPS) is 20.3. The highest BCUT2D eigenvalue weighted by Crippen LogP contribution is 2.07. The van der Waals surface area contributed by atoms with Crippen molar-refractivity contribution in [1.29, 1.82) is 0 Å². The topological polar surface area (TPSA) is 27.7 Å². The predicted octanol–water partition coefficient (Wildman–Crippen LogP) is 7.59. The molecule has 0 fully saturated rings. The molecule has 2 aliphatic carbocycles. The first-order chi connectivity index (χ1) is 15.0. The summed E-state index contributed by atoms with van der Waals surface area (Å²) in [6.07, 6.45) is 38.9. The van der Waals surface area contributed by atoms with Crippen molar-refractivity contribution in [3.8, 4) is 0 Å². The van der Waals surface area contributed by atoms with Crippen molar-refractivity contribution in [1.82, 2.24) is 0 Å². The van der Waals surface area contributed by atoms with Crippen LogP contribution in [0.5, 0.6) is 0 Å². The highest BCUT2D eigenvalue weighted by molar-refractivity contribution is 5.03. The fraction of sp³-hybridized carbons (Fsp3) is 0.556. The molecule has 0 aromatic heterocycles. The lowest BCUT2D eigenvalue weighted by Crippen LogP contribution is -1.96. The van der Waals surface area contributed by atoms with Gasteiger partial charge in [-0.15, -0.1) is 0 Å². The third-order valence-corrected chi connectivity index (χ3v) is 4.57. The minimum atomic E-state index is 0.733. The summed E-state index contributed by atoms with van der Waals surface area (Å²) >= 11 is 0. The van der Waals surface area contributed by atoms with Crippen LogP contribution in [0.3, 0.4) is 0 Å². The molecule has 5 aliphatic rings. The van der Waals surface area contributed by atoms with E-state index in [0.29, 0.717) is 0 Å². The van der Waals surface area contributed by atoms with E-state index < -0.39 is 0 Å². The van der Waals surface area contributed by atoms with E-state index in [1.807, 2.05) is 30.4 Å². The van der Waals surface area contributed by atoms with Gasteiger partial charge in [-0.3, -0.25) is 0 Å². The largest absolute Gasteiger partial charge is 0.502 e. The lowest BCUT2D eigenvalue weighted by Gasteiger charge is -2.01. The van der Waals surface area contributed by atoms with Gasteiger partial charge in [0.2, 0.25) is 0 Å². The van der Waals surface area contributed by atoms with E-state index in [1.54, 1.807) is 12.5 Å². The maximum atomic E-state index is 4.98. The van der Waals surface area contributed by atoms with Crippen molar-refractivity contribution in [3.63, 3.8) is 0 Å². The Balaban J connectivity index is 0.000000187. The van der Waals surface area contributed by atoms with Gasteiger partial charge in [0, 0.05) is 0 Å². The summed E-state index contributed by atoms with van der Waals surface area (Å²) in [6.45, 7) is 3.38. The van der Waals surface area contributed by atoms with E-state index >= 15 is 0 Å². The van der Waals surface area contributed by atoms with Crippen LogP contribution in [-0.2, 0) is 14.2 Å². The van der Waals surface area contributed by atoms with Gasteiger partial charge >= 0.3 is 0 Å². The molecule has 3 nitrogen and oxygen atoms in total. The average molecular weight is 415 g/mol. The number of hydrogen-bond acceptors (Lipinski definition) is 3. The monoisotopic (exact) mass is 414 g/mol. The molecule has 0 saturated heterocycles. The fourth-order valence-corrected chi connectivity index (χ4v) is 2.84. The van der Waals surface area contributed by atoms with Crippen LogP contribution in [0.4, 0.5) is 0 Å². The van der Waals surface area contributed by atoms with Crippen molar-refractivity contribution >= 4 is 0 Å². The Morgan fingerprint density at radius 1 is 0.400 bits per heavy atom. The van der Waals surface area contributed by atoms with E-state index in [-0.39, 0.29) is 0 Å². The molecular weight excluding hydrogens is 372 g/mol. The van der Waals surface area contributed by atoms with Crippen molar-refractivity contribution < 1.29 is 14.2 Å². The molecule has 3 heterocycles. The molecule has 0 bridgehead atoms. The second-order valence-electron chi connectivity index (χ2n) is 7.32. The molecule has 0 unspecified atom stereocenters. The van der Waals surface area contributed by atoms with Crippen molar-refractivity contribution in [2.24, 2.45) is 0 Å². The molecule has 0 aromatic rings. The molecular formula is C27H42O3. The van der Waals surface area contributed by atoms with E-state index in [0.717, 1.165) is 32.8 Å². The smallest absolute Gasteiger partial charge is 0.106 e. The number of hydrogen-bond donors (Lipinski definition) is 0.